The van der Waals surface area contributed by atoms with Crippen molar-refractivity contribution in [3.05, 3.63) is 29.8 Å². The van der Waals surface area contributed by atoms with E-state index in [0.29, 0.717) is 19.1 Å². The molecule has 1 N–H and O–H groups in total. The van der Waals surface area contributed by atoms with Crippen molar-refractivity contribution in [2.45, 2.75) is 18.7 Å². The number of amides is 1. The van der Waals surface area contributed by atoms with Crippen LogP contribution in [0, 0.1) is 5.92 Å². The van der Waals surface area contributed by atoms with Crippen LogP contribution >= 0.6 is 11.6 Å². The highest BCUT2D eigenvalue weighted by Gasteiger charge is 2.21. The highest BCUT2D eigenvalue weighted by molar-refractivity contribution is 6.17. The van der Waals surface area contributed by atoms with E-state index in [-0.39, 0.29) is 11.8 Å². The predicted octanol–water partition coefficient (Wildman–Crippen LogP) is 2.79. The molecule has 1 saturated heterocycles. The van der Waals surface area contributed by atoms with E-state index < -0.39 is 0 Å². The van der Waals surface area contributed by atoms with Gasteiger partial charge in [0.05, 0.1) is 0 Å². The zero-order chi connectivity index (χ0) is 12.1. The molecule has 0 radical (unpaired) electrons. The number of rotatable bonds is 3. The smallest absolute Gasteiger partial charge is 0.227 e. The van der Waals surface area contributed by atoms with Crippen LogP contribution in [0.4, 0.5) is 5.69 Å². The van der Waals surface area contributed by atoms with Gasteiger partial charge < -0.3 is 10.1 Å². The summed E-state index contributed by atoms with van der Waals surface area (Å²) in [5, 5.41) is 2.95. The maximum absolute atomic E-state index is 12.0. The van der Waals surface area contributed by atoms with Crippen LogP contribution in [0.15, 0.2) is 24.3 Å². The molecule has 17 heavy (non-hydrogen) atoms. The monoisotopic (exact) mass is 253 g/mol. The molecule has 0 saturated carbocycles. The molecule has 0 aromatic heterocycles. The normalized spacial score (nSPS) is 16.8. The molecule has 0 aliphatic carbocycles. The van der Waals surface area contributed by atoms with E-state index in [2.05, 4.69) is 5.32 Å². The summed E-state index contributed by atoms with van der Waals surface area (Å²) in [7, 11) is 0. The number of carbonyl (C=O) groups excluding carboxylic acids is 1. The van der Waals surface area contributed by atoms with Gasteiger partial charge in [0.25, 0.3) is 0 Å². The molecule has 1 amide bonds. The van der Waals surface area contributed by atoms with Crippen LogP contribution in [-0.2, 0) is 15.4 Å². The largest absolute Gasteiger partial charge is 0.381 e. The first-order valence-electron chi connectivity index (χ1n) is 5.83. The summed E-state index contributed by atoms with van der Waals surface area (Å²) in [5.74, 6) is 0.544. The van der Waals surface area contributed by atoms with Gasteiger partial charge in [-0.2, -0.15) is 0 Å². The van der Waals surface area contributed by atoms with Crippen LogP contribution < -0.4 is 5.32 Å². The third-order valence-corrected chi connectivity index (χ3v) is 3.30. The Morgan fingerprint density at radius 1 is 1.35 bits per heavy atom. The van der Waals surface area contributed by atoms with Gasteiger partial charge >= 0.3 is 0 Å². The van der Waals surface area contributed by atoms with E-state index in [9.17, 15) is 4.79 Å². The van der Waals surface area contributed by atoms with Gasteiger partial charge in [0.15, 0.2) is 0 Å². The average Bonchev–Trinajstić information content (AvgIpc) is 2.40. The lowest BCUT2D eigenvalue weighted by molar-refractivity contribution is -0.122. The molecular formula is C13H16ClNO2. The molecule has 0 atom stereocenters. The molecule has 0 bridgehead atoms. The molecule has 0 spiro atoms. The van der Waals surface area contributed by atoms with Crippen molar-refractivity contribution in [1.82, 2.24) is 0 Å². The van der Waals surface area contributed by atoms with Crippen LogP contribution in [-0.4, -0.2) is 19.1 Å². The zero-order valence-electron chi connectivity index (χ0n) is 9.62. The number of alkyl halides is 1. The van der Waals surface area contributed by atoms with E-state index in [4.69, 9.17) is 16.3 Å². The SMILES string of the molecule is O=C(Nc1ccccc1CCl)C1CCOCC1. The van der Waals surface area contributed by atoms with Gasteiger partial charge in [-0.25, -0.2) is 0 Å². The molecule has 92 valence electrons. The van der Waals surface area contributed by atoms with Crippen molar-refractivity contribution in [2.75, 3.05) is 18.5 Å². The first kappa shape index (κ1) is 12.4. The minimum atomic E-state index is 0.0622. The van der Waals surface area contributed by atoms with Gasteiger partial charge in [-0.05, 0) is 24.5 Å². The third kappa shape index (κ3) is 3.20. The van der Waals surface area contributed by atoms with Crippen LogP contribution in [0.2, 0.25) is 0 Å². The molecule has 1 aromatic rings. The van der Waals surface area contributed by atoms with E-state index in [1.165, 1.54) is 0 Å². The number of halogens is 1. The fraction of sp³-hybridized carbons (Fsp3) is 0.462. The van der Waals surface area contributed by atoms with Gasteiger partial charge in [0.2, 0.25) is 5.91 Å². The van der Waals surface area contributed by atoms with Crippen LogP contribution in [0.5, 0.6) is 0 Å². The number of para-hydroxylation sites is 1. The molecule has 1 heterocycles. The summed E-state index contributed by atoms with van der Waals surface area (Å²) in [4.78, 5) is 12.0. The standard InChI is InChI=1S/C13H16ClNO2/c14-9-11-3-1-2-4-12(11)15-13(16)10-5-7-17-8-6-10/h1-4,10H,5-9H2,(H,15,16). The lowest BCUT2D eigenvalue weighted by Crippen LogP contribution is -2.28. The summed E-state index contributed by atoms with van der Waals surface area (Å²) in [5.41, 5.74) is 1.77. The van der Waals surface area contributed by atoms with Crippen molar-refractivity contribution >= 4 is 23.2 Å². The average molecular weight is 254 g/mol. The number of benzene rings is 1. The zero-order valence-corrected chi connectivity index (χ0v) is 10.4. The van der Waals surface area contributed by atoms with Gasteiger partial charge in [0.1, 0.15) is 0 Å². The highest BCUT2D eigenvalue weighted by atomic mass is 35.5. The fourth-order valence-electron chi connectivity index (χ4n) is 1.95. The minimum absolute atomic E-state index is 0.0622. The van der Waals surface area contributed by atoms with Gasteiger partial charge in [-0.3, -0.25) is 4.79 Å². The molecule has 1 fully saturated rings. The van der Waals surface area contributed by atoms with Crippen molar-refractivity contribution in [1.29, 1.82) is 0 Å². The molecule has 1 aliphatic rings. The maximum Gasteiger partial charge on any atom is 0.227 e. The third-order valence-electron chi connectivity index (χ3n) is 3.01. The number of anilines is 1. The topological polar surface area (TPSA) is 38.3 Å². The second-order valence-electron chi connectivity index (χ2n) is 4.17. The molecule has 1 aromatic carbocycles. The Balaban J connectivity index is 2.01. The summed E-state index contributed by atoms with van der Waals surface area (Å²) < 4.78 is 5.24. The van der Waals surface area contributed by atoms with Crippen molar-refractivity contribution < 1.29 is 9.53 Å². The number of hydrogen-bond acceptors (Lipinski definition) is 2. The molecule has 1 aliphatic heterocycles. The number of carbonyl (C=O) groups is 1. The van der Waals surface area contributed by atoms with Crippen molar-refractivity contribution in [2.24, 2.45) is 5.92 Å². The van der Waals surface area contributed by atoms with Crippen LogP contribution in [0.3, 0.4) is 0 Å². The second-order valence-corrected chi connectivity index (χ2v) is 4.43. The van der Waals surface area contributed by atoms with Gasteiger partial charge in [0, 0.05) is 30.7 Å². The summed E-state index contributed by atoms with van der Waals surface area (Å²) in [6.45, 7) is 1.35. The lowest BCUT2D eigenvalue weighted by atomic mass is 9.99. The van der Waals surface area contributed by atoms with Crippen LogP contribution in [0.1, 0.15) is 18.4 Å². The van der Waals surface area contributed by atoms with Crippen molar-refractivity contribution in [3.8, 4) is 0 Å². The quantitative estimate of drug-likeness (QED) is 0.842. The van der Waals surface area contributed by atoms with Gasteiger partial charge in [-0.1, -0.05) is 18.2 Å². The van der Waals surface area contributed by atoms with E-state index in [1.54, 1.807) is 0 Å². The summed E-state index contributed by atoms with van der Waals surface area (Å²) in [6, 6.07) is 7.62. The Labute approximate surface area is 106 Å². The van der Waals surface area contributed by atoms with E-state index in [0.717, 1.165) is 24.1 Å². The lowest BCUT2D eigenvalue weighted by Gasteiger charge is -2.21. The summed E-state index contributed by atoms with van der Waals surface area (Å²) >= 11 is 5.83. The molecule has 3 nitrogen and oxygen atoms in total. The number of ether oxygens (including phenoxy) is 1. The fourth-order valence-corrected chi connectivity index (χ4v) is 2.19. The van der Waals surface area contributed by atoms with Gasteiger partial charge in [-0.15, -0.1) is 11.6 Å². The first-order chi connectivity index (χ1) is 8.31. The predicted molar refractivity (Wildman–Crippen MR) is 68.2 cm³/mol. The molecular weight excluding hydrogens is 238 g/mol. The maximum atomic E-state index is 12.0. The Morgan fingerprint density at radius 2 is 2.06 bits per heavy atom. The number of hydrogen-bond donors (Lipinski definition) is 1. The Morgan fingerprint density at radius 3 is 2.76 bits per heavy atom. The van der Waals surface area contributed by atoms with Crippen molar-refractivity contribution in [3.63, 3.8) is 0 Å². The molecule has 4 heteroatoms. The second kappa shape index (κ2) is 6.03. The summed E-state index contributed by atoms with van der Waals surface area (Å²) in [6.07, 6.45) is 1.60. The Kier molecular flexibility index (Phi) is 4.40. The van der Waals surface area contributed by atoms with Crippen LogP contribution in [0.25, 0.3) is 0 Å². The first-order valence-corrected chi connectivity index (χ1v) is 6.37. The molecule has 2 rings (SSSR count). The Hall–Kier alpha value is -1.06. The highest BCUT2D eigenvalue weighted by Crippen LogP contribution is 2.21. The van der Waals surface area contributed by atoms with E-state index in [1.807, 2.05) is 24.3 Å². The minimum Gasteiger partial charge on any atom is -0.381 e. The number of nitrogens with one attached hydrogen (secondary N) is 1. The Bertz CT molecular complexity index is 389. The molecule has 0 unspecified atom stereocenters. The van der Waals surface area contributed by atoms with E-state index >= 15 is 0 Å².